The highest BCUT2D eigenvalue weighted by Gasteiger charge is 2.23. The maximum absolute atomic E-state index is 6.61. The molecule has 1 atom stereocenters. The summed E-state index contributed by atoms with van der Waals surface area (Å²) < 4.78 is 9.14. The van der Waals surface area contributed by atoms with Gasteiger partial charge in [0.25, 0.3) is 0 Å². The van der Waals surface area contributed by atoms with Gasteiger partial charge in [-0.2, -0.15) is 0 Å². The molecule has 0 bridgehead atoms. The Bertz CT molecular complexity index is 2830. The van der Waals surface area contributed by atoms with Crippen molar-refractivity contribution in [3.63, 3.8) is 0 Å². The van der Waals surface area contributed by atoms with Crippen molar-refractivity contribution in [2.75, 3.05) is 9.80 Å². The van der Waals surface area contributed by atoms with Crippen molar-refractivity contribution in [2.24, 2.45) is 5.92 Å². The van der Waals surface area contributed by atoms with Crippen molar-refractivity contribution in [1.82, 2.24) is 0 Å². The van der Waals surface area contributed by atoms with Gasteiger partial charge in [-0.1, -0.05) is 116 Å². The maximum atomic E-state index is 6.61. The number of fused-ring (bicyclic) bond motifs is 6. The summed E-state index contributed by atoms with van der Waals surface area (Å²) in [6.45, 7) is 2.32. The second-order valence-corrected chi connectivity index (χ2v) is 14.9. The fourth-order valence-corrected chi connectivity index (χ4v) is 8.97. The summed E-state index contributed by atoms with van der Waals surface area (Å²) in [5.41, 5.74) is 11.0. The molecule has 0 radical (unpaired) electrons. The number of para-hydroxylation sites is 3. The lowest BCUT2D eigenvalue weighted by atomic mass is 9.96. The van der Waals surface area contributed by atoms with Gasteiger partial charge in [-0.05, 0) is 90.4 Å². The minimum atomic E-state index is 0.418. The zero-order valence-corrected chi connectivity index (χ0v) is 30.1. The molecule has 1 unspecified atom stereocenters. The van der Waals surface area contributed by atoms with Crippen LogP contribution in [0.25, 0.3) is 53.2 Å². The van der Waals surface area contributed by atoms with Crippen molar-refractivity contribution in [2.45, 2.75) is 13.3 Å². The molecule has 0 saturated carbocycles. The Morgan fingerprint density at radius 3 is 2.04 bits per heavy atom. The minimum Gasteiger partial charge on any atom is -0.454 e. The summed E-state index contributed by atoms with van der Waals surface area (Å²) >= 11 is 1.85. The first-order valence-electron chi connectivity index (χ1n) is 18.2. The number of furan rings is 1. The van der Waals surface area contributed by atoms with Crippen LogP contribution in [-0.2, 0) is 0 Å². The number of hydrogen-bond acceptors (Lipinski definition) is 4. The first-order valence-corrected chi connectivity index (χ1v) is 19.1. The quantitative estimate of drug-likeness (QED) is 0.165. The molecule has 1 aliphatic rings. The second-order valence-electron chi connectivity index (χ2n) is 13.8. The Kier molecular flexibility index (Phi) is 7.70. The van der Waals surface area contributed by atoms with E-state index >= 15 is 0 Å². The molecule has 7 aromatic carbocycles. The fourth-order valence-electron chi connectivity index (χ4n) is 7.85. The smallest absolute Gasteiger partial charge is 0.159 e. The van der Waals surface area contributed by atoms with E-state index in [4.69, 9.17) is 4.42 Å². The van der Waals surface area contributed by atoms with Crippen LogP contribution in [0.1, 0.15) is 13.3 Å². The third kappa shape index (κ3) is 5.51. The monoisotopic (exact) mass is 700 g/mol. The molecule has 0 N–H and O–H groups in total. The van der Waals surface area contributed by atoms with Crippen molar-refractivity contribution >= 4 is 81.9 Å². The SMILES string of the molecule is CC1CC=CC=C1N(c1ccccc1)c1ccc2sc3cc(N(c4ccc(-c5ccccc5)cc4)c4cccc5c4oc4ccccc45)ccc3c2c1. The number of rotatable bonds is 7. The molecular formula is C49H36N2OS. The van der Waals surface area contributed by atoms with Gasteiger partial charge in [0, 0.05) is 65.3 Å². The lowest BCUT2D eigenvalue weighted by Crippen LogP contribution is -2.22. The molecule has 1 aliphatic carbocycles. The summed E-state index contributed by atoms with van der Waals surface area (Å²) in [7, 11) is 0. The van der Waals surface area contributed by atoms with Gasteiger partial charge in [0.2, 0.25) is 0 Å². The number of hydrogen-bond donors (Lipinski definition) is 0. The molecule has 254 valence electrons. The highest BCUT2D eigenvalue weighted by Crippen LogP contribution is 2.46. The summed E-state index contributed by atoms with van der Waals surface area (Å²) in [6.07, 6.45) is 7.76. The van der Waals surface area contributed by atoms with E-state index in [2.05, 4.69) is 193 Å². The topological polar surface area (TPSA) is 19.6 Å². The predicted molar refractivity (Wildman–Crippen MR) is 226 cm³/mol. The number of nitrogens with zero attached hydrogens (tertiary/aromatic N) is 2. The van der Waals surface area contributed by atoms with E-state index in [1.54, 1.807) is 0 Å². The molecule has 53 heavy (non-hydrogen) atoms. The highest BCUT2D eigenvalue weighted by atomic mass is 32.1. The van der Waals surface area contributed by atoms with E-state index in [0.29, 0.717) is 5.92 Å². The molecule has 10 rings (SSSR count). The lowest BCUT2D eigenvalue weighted by Gasteiger charge is -2.32. The first-order chi connectivity index (χ1) is 26.2. The van der Waals surface area contributed by atoms with Crippen LogP contribution in [0.2, 0.25) is 0 Å². The van der Waals surface area contributed by atoms with Crippen LogP contribution < -0.4 is 9.80 Å². The molecule has 2 heterocycles. The van der Waals surface area contributed by atoms with E-state index in [9.17, 15) is 0 Å². The summed E-state index contributed by atoms with van der Waals surface area (Å²) in [4.78, 5) is 4.77. The van der Waals surface area contributed by atoms with Crippen molar-refractivity contribution in [1.29, 1.82) is 0 Å². The van der Waals surface area contributed by atoms with Gasteiger partial charge in [-0.25, -0.2) is 0 Å². The molecule has 0 amide bonds. The van der Waals surface area contributed by atoms with Gasteiger partial charge in [0.15, 0.2) is 5.58 Å². The van der Waals surface area contributed by atoms with Crippen LogP contribution in [0.3, 0.4) is 0 Å². The molecule has 3 nitrogen and oxygen atoms in total. The Morgan fingerprint density at radius 1 is 0.528 bits per heavy atom. The lowest BCUT2D eigenvalue weighted by molar-refractivity contribution is 0.669. The van der Waals surface area contributed by atoms with Crippen LogP contribution in [0.4, 0.5) is 28.4 Å². The summed E-state index contributed by atoms with van der Waals surface area (Å²) in [6, 6.07) is 58.8. The Hall–Kier alpha value is -6.36. The summed E-state index contributed by atoms with van der Waals surface area (Å²) in [5.74, 6) is 0.418. The minimum absolute atomic E-state index is 0.418. The van der Waals surface area contributed by atoms with E-state index in [0.717, 1.165) is 45.4 Å². The molecule has 0 aliphatic heterocycles. The van der Waals surface area contributed by atoms with E-state index in [1.807, 2.05) is 17.4 Å². The Morgan fingerprint density at radius 2 is 1.21 bits per heavy atom. The van der Waals surface area contributed by atoms with Crippen LogP contribution in [0, 0.1) is 5.92 Å². The molecular weight excluding hydrogens is 665 g/mol. The number of thiophene rings is 1. The van der Waals surface area contributed by atoms with Crippen LogP contribution in [-0.4, -0.2) is 0 Å². The number of anilines is 5. The van der Waals surface area contributed by atoms with E-state index < -0.39 is 0 Å². The molecule has 9 aromatic rings. The maximum Gasteiger partial charge on any atom is 0.159 e. The zero-order chi connectivity index (χ0) is 35.3. The largest absolute Gasteiger partial charge is 0.454 e. The molecule has 2 aromatic heterocycles. The van der Waals surface area contributed by atoms with Crippen LogP contribution in [0.5, 0.6) is 0 Å². The van der Waals surface area contributed by atoms with Crippen LogP contribution >= 0.6 is 11.3 Å². The Balaban J connectivity index is 1.12. The molecule has 0 fully saturated rings. The van der Waals surface area contributed by atoms with Gasteiger partial charge in [0.1, 0.15) is 5.58 Å². The van der Waals surface area contributed by atoms with Gasteiger partial charge in [-0.3, -0.25) is 0 Å². The summed E-state index contributed by atoms with van der Waals surface area (Å²) in [5, 5.41) is 4.77. The van der Waals surface area contributed by atoms with Crippen molar-refractivity contribution in [3.05, 3.63) is 188 Å². The van der Waals surface area contributed by atoms with Crippen molar-refractivity contribution < 1.29 is 4.42 Å². The Labute approximate surface area is 313 Å². The first kappa shape index (κ1) is 31.4. The van der Waals surface area contributed by atoms with E-state index in [-0.39, 0.29) is 0 Å². The molecule has 4 heteroatoms. The fraction of sp³-hybridized carbons (Fsp3) is 0.0612. The van der Waals surface area contributed by atoms with Gasteiger partial charge in [0.05, 0.1) is 5.69 Å². The molecule has 0 spiro atoms. The zero-order valence-electron chi connectivity index (χ0n) is 29.3. The average Bonchev–Trinajstić information content (AvgIpc) is 3.78. The average molecular weight is 701 g/mol. The molecule has 0 saturated heterocycles. The third-order valence-electron chi connectivity index (χ3n) is 10.5. The van der Waals surface area contributed by atoms with Gasteiger partial charge < -0.3 is 14.2 Å². The van der Waals surface area contributed by atoms with Gasteiger partial charge in [-0.15, -0.1) is 11.3 Å². The van der Waals surface area contributed by atoms with E-state index in [1.165, 1.54) is 48.4 Å². The number of benzene rings is 7. The second kappa shape index (κ2) is 13.0. The van der Waals surface area contributed by atoms with Crippen LogP contribution in [0.15, 0.2) is 192 Å². The van der Waals surface area contributed by atoms with Gasteiger partial charge >= 0.3 is 0 Å². The standard InChI is InChI=1S/C49H36N2OS/c1-33-13-8-10-20-44(33)50(36-16-6-3-7-17-36)38-28-30-47-43(31-38)41-29-27-39(32-48(41)53-47)51(37-25-23-35(24-26-37)34-14-4-2-5-15-34)45-21-12-19-42-40-18-9-11-22-46(40)52-49(42)45/h2-12,14-33H,13H2,1H3. The third-order valence-corrected chi connectivity index (χ3v) is 11.6. The normalized spacial score (nSPS) is 14.3. The highest BCUT2D eigenvalue weighted by molar-refractivity contribution is 7.25. The number of allylic oxidation sites excluding steroid dienone is 4. The predicted octanol–water partition coefficient (Wildman–Crippen LogP) is 14.7. The van der Waals surface area contributed by atoms with Crippen molar-refractivity contribution in [3.8, 4) is 11.1 Å².